The summed E-state index contributed by atoms with van der Waals surface area (Å²) in [4.78, 5) is 12.1. The van der Waals surface area contributed by atoms with Gasteiger partial charge in [0, 0.05) is 5.69 Å². The first-order chi connectivity index (χ1) is 11.7. The Morgan fingerprint density at radius 3 is 2.48 bits per heavy atom. The summed E-state index contributed by atoms with van der Waals surface area (Å²) in [6.07, 6.45) is 0. The van der Waals surface area contributed by atoms with E-state index < -0.39 is 15.9 Å². The predicted molar refractivity (Wildman–Crippen MR) is 97.7 cm³/mol. The van der Waals surface area contributed by atoms with Gasteiger partial charge in [-0.1, -0.05) is 29.3 Å². The Kier molecular flexibility index (Phi) is 6.05. The smallest absolute Gasteiger partial charge is 0.241 e. The molecule has 0 spiro atoms. The summed E-state index contributed by atoms with van der Waals surface area (Å²) in [7, 11) is -2.28. The summed E-state index contributed by atoms with van der Waals surface area (Å²) in [5.74, 6) is -0.0233. The normalized spacial score (nSPS) is 11.2. The lowest BCUT2D eigenvalue weighted by Gasteiger charge is -2.11. The van der Waals surface area contributed by atoms with Crippen LogP contribution >= 0.6 is 11.6 Å². The number of sulfonamides is 1. The average Bonchev–Trinajstić information content (AvgIpc) is 2.53. The fourth-order valence-electron chi connectivity index (χ4n) is 2.29. The van der Waals surface area contributed by atoms with Gasteiger partial charge >= 0.3 is 0 Å². The minimum Gasteiger partial charge on any atom is -0.495 e. The SMILES string of the molecule is COc1ccc(NC(=O)CNS(=O)(=O)c2ccc(C)cc2C)cc1Cl. The number of carbonyl (C=O) groups excluding carboxylic acids is 1. The summed E-state index contributed by atoms with van der Waals surface area (Å²) in [6.45, 7) is 3.20. The Morgan fingerprint density at radius 1 is 1.16 bits per heavy atom. The lowest BCUT2D eigenvalue weighted by atomic mass is 10.2. The van der Waals surface area contributed by atoms with E-state index in [-0.39, 0.29) is 11.4 Å². The Morgan fingerprint density at radius 2 is 1.88 bits per heavy atom. The van der Waals surface area contributed by atoms with E-state index in [0.717, 1.165) is 5.56 Å². The molecular weight excluding hydrogens is 364 g/mol. The number of amides is 1. The number of halogens is 1. The molecule has 0 radical (unpaired) electrons. The zero-order chi connectivity index (χ0) is 18.6. The first-order valence-corrected chi connectivity index (χ1v) is 9.29. The first-order valence-electron chi connectivity index (χ1n) is 7.43. The summed E-state index contributed by atoms with van der Waals surface area (Å²) in [5.41, 5.74) is 2.03. The van der Waals surface area contributed by atoms with Crippen LogP contribution in [0, 0.1) is 13.8 Å². The Labute approximate surface area is 152 Å². The van der Waals surface area contributed by atoms with Crippen molar-refractivity contribution in [1.29, 1.82) is 0 Å². The number of methoxy groups -OCH3 is 1. The van der Waals surface area contributed by atoms with Crippen molar-refractivity contribution < 1.29 is 17.9 Å². The molecular formula is C17H19ClN2O4S. The average molecular weight is 383 g/mol. The van der Waals surface area contributed by atoms with E-state index in [9.17, 15) is 13.2 Å². The van der Waals surface area contributed by atoms with Crippen LogP contribution < -0.4 is 14.8 Å². The van der Waals surface area contributed by atoms with Gasteiger partial charge in [0.15, 0.2) is 0 Å². The standard InChI is InChI=1S/C17H19ClN2O4S/c1-11-4-7-16(12(2)8-11)25(22,23)19-10-17(21)20-13-5-6-15(24-3)14(18)9-13/h4-9,19H,10H2,1-3H3,(H,20,21). The van der Waals surface area contributed by atoms with E-state index in [2.05, 4.69) is 10.0 Å². The number of anilines is 1. The van der Waals surface area contributed by atoms with E-state index in [1.54, 1.807) is 31.2 Å². The summed E-state index contributed by atoms with van der Waals surface area (Å²) in [6, 6.07) is 9.75. The fraction of sp³-hybridized carbons (Fsp3) is 0.235. The molecule has 0 bridgehead atoms. The van der Waals surface area contributed by atoms with Crippen LogP contribution in [0.25, 0.3) is 0 Å². The third-order valence-corrected chi connectivity index (χ3v) is 5.34. The van der Waals surface area contributed by atoms with Gasteiger partial charge in [-0.25, -0.2) is 13.1 Å². The van der Waals surface area contributed by atoms with E-state index >= 15 is 0 Å². The van der Waals surface area contributed by atoms with Crippen LogP contribution in [-0.4, -0.2) is 28.0 Å². The molecule has 0 aliphatic rings. The second-order valence-electron chi connectivity index (χ2n) is 5.49. The quantitative estimate of drug-likeness (QED) is 0.804. The second kappa shape index (κ2) is 7.86. The number of rotatable bonds is 6. The van der Waals surface area contributed by atoms with Gasteiger partial charge in [-0.3, -0.25) is 4.79 Å². The molecule has 8 heteroatoms. The molecule has 2 N–H and O–H groups in total. The van der Waals surface area contributed by atoms with Crippen molar-refractivity contribution in [1.82, 2.24) is 4.72 Å². The molecule has 2 aromatic carbocycles. The van der Waals surface area contributed by atoms with Crippen LogP contribution in [0.1, 0.15) is 11.1 Å². The van der Waals surface area contributed by atoms with Gasteiger partial charge in [0.25, 0.3) is 0 Å². The van der Waals surface area contributed by atoms with Crippen LogP contribution in [0.4, 0.5) is 5.69 Å². The maximum Gasteiger partial charge on any atom is 0.241 e. The predicted octanol–water partition coefficient (Wildman–Crippen LogP) is 2.88. The van der Waals surface area contributed by atoms with E-state index in [1.165, 1.54) is 19.2 Å². The maximum atomic E-state index is 12.3. The number of carbonyl (C=O) groups is 1. The number of aryl methyl sites for hydroxylation is 2. The molecule has 0 unspecified atom stereocenters. The van der Waals surface area contributed by atoms with Gasteiger partial charge in [-0.15, -0.1) is 0 Å². The Bertz CT molecular complexity index is 898. The molecule has 0 saturated heterocycles. The van der Waals surface area contributed by atoms with Gasteiger partial charge in [0.05, 0.1) is 23.6 Å². The molecule has 2 rings (SSSR count). The van der Waals surface area contributed by atoms with Gasteiger partial charge in [-0.2, -0.15) is 0 Å². The van der Waals surface area contributed by atoms with Gasteiger partial charge in [-0.05, 0) is 43.7 Å². The zero-order valence-corrected chi connectivity index (χ0v) is 15.7. The van der Waals surface area contributed by atoms with Gasteiger partial charge in [0.2, 0.25) is 15.9 Å². The van der Waals surface area contributed by atoms with Crippen LogP contribution in [-0.2, 0) is 14.8 Å². The molecule has 0 aliphatic heterocycles. The molecule has 6 nitrogen and oxygen atoms in total. The van der Waals surface area contributed by atoms with Crippen LogP contribution in [0.3, 0.4) is 0 Å². The van der Waals surface area contributed by atoms with Crippen molar-refractivity contribution in [3.8, 4) is 5.75 Å². The molecule has 0 fully saturated rings. The number of nitrogens with one attached hydrogen (secondary N) is 2. The third-order valence-electron chi connectivity index (χ3n) is 3.48. The highest BCUT2D eigenvalue weighted by atomic mass is 35.5. The highest BCUT2D eigenvalue weighted by Crippen LogP contribution is 2.27. The molecule has 0 aromatic heterocycles. The first kappa shape index (κ1) is 19.2. The molecule has 0 aliphatic carbocycles. The van der Waals surface area contributed by atoms with Gasteiger partial charge in [0.1, 0.15) is 5.75 Å². The molecule has 134 valence electrons. The minimum absolute atomic E-state index is 0.151. The fourth-order valence-corrected chi connectivity index (χ4v) is 3.75. The minimum atomic E-state index is -3.77. The van der Waals surface area contributed by atoms with E-state index in [4.69, 9.17) is 16.3 Å². The topological polar surface area (TPSA) is 84.5 Å². The molecule has 25 heavy (non-hydrogen) atoms. The molecule has 0 heterocycles. The third kappa shape index (κ3) is 4.94. The highest BCUT2D eigenvalue weighted by molar-refractivity contribution is 7.89. The number of hydrogen-bond acceptors (Lipinski definition) is 4. The van der Waals surface area contributed by atoms with E-state index in [1.807, 2.05) is 6.92 Å². The molecule has 2 aromatic rings. The second-order valence-corrected chi connectivity index (χ2v) is 7.63. The number of benzene rings is 2. The van der Waals surface area contributed by atoms with Crippen LogP contribution in [0.5, 0.6) is 5.75 Å². The summed E-state index contributed by atoms with van der Waals surface area (Å²) >= 11 is 5.99. The highest BCUT2D eigenvalue weighted by Gasteiger charge is 2.18. The lowest BCUT2D eigenvalue weighted by molar-refractivity contribution is -0.115. The molecule has 1 amide bonds. The van der Waals surface area contributed by atoms with Crippen LogP contribution in [0.15, 0.2) is 41.3 Å². The number of ether oxygens (including phenoxy) is 1. The lowest BCUT2D eigenvalue weighted by Crippen LogP contribution is -2.33. The largest absolute Gasteiger partial charge is 0.495 e. The number of hydrogen-bond donors (Lipinski definition) is 2. The Hall–Kier alpha value is -2.09. The van der Waals surface area contributed by atoms with Crippen molar-refractivity contribution in [2.45, 2.75) is 18.7 Å². The molecule has 0 atom stereocenters. The van der Waals surface area contributed by atoms with Crippen molar-refractivity contribution in [3.05, 3.63) is 52.5 Å². The summed E-state index contributed by atoms with van der Waals surface area (Å²) in [5, 5.41) is 2.92. The van der Waals surface area contributed by atoms with Crippen molar-refractivity contribution in [3.63, 3.8) is 0 Å². The van der Waals surface area contributed by atoms with Crippen molar-refractivity contribution in [2.24, 2.45) is 0 Å². The zero-order valence-electron chi connectivity index (χ0n) is 14.1. The van der Waals surface area contributed by atoms with Crippen molar-refractivity contribution >= 4 is 33.2 Å². The van der Waals surface area contributed by atoms with Crippen molar-refractivity contribution in [2.75, 3.05) is 19.0 Å². The molecule has 0 saturated carbocycles. The maximum absolute atomic E-state index is 12.3. The van der Waals surface area contributed by atoms with E-state index in [0.29, 0.717) is 22.0 Å². The Balaban J connectivity index is 2.02. The van der Waals surface area contributed by atoms with Gasteiger partial charge < -0.3 is 10.1 Å². The summed E-state index contributed by atoms with van der Waals surface area (Å²) < 4.78 is 32.0. The monoisotopic (exact) mass is 382 g/mol. The van der Waals surface area contributed by atoms with Crippen LogP contribution in [0.2, 0.25) is 5.02 Å².